The zero-order chi connectivity index (χ0) is 48.0. The molecular formula is C48H30O. The topological polar surface area (TPSA) is 13.1 Å². The van der Waals surface area contributed by atoms with Crippen LogP contribution in [-0.2, 0) is 0 Å². The van der Waals surface area contributed by atoms with Crippen LogP contribution in [0.2, 0.25) is 0 Å². The van der Waals surface area contributed by atoms with E-state index in [0.29, 0.717) is 38.2 Å². The van der Waals surface area contributed by atoms with E-state index in [2.05, 4.69) is 0 Å². The van der Waals surface area contributed by atoms with Crippen molar-refractivity contribution in [1.29, 1.82) is 0 Å². The van der Waals surface area contributed by atoms with Gasteiger partial charge in [0, 0.05) is 16.2 Å². The van der Waals surface area contributed by atoms with Crippen LogP contribution in [0.1, 0.15) is 24.7 Å². The van der Waals surface area contributed by atoms with Crippen molar-refractivity contribution in [2.75, 3.05) is 0 Å². The zero-order valence-corrected chi connectivity index (χ0v) is 25.3. The molecule has 0 saturated heterocycles. The number of hydrogen-bond donors (Lipinski definition) is 0. The fourth-order valence-corrected chi connectivity index (χ4v) is 6.66. The average Bonchev–Trinajstić information content (AvgIpc) is 3.72. The molecule has 0 fully saturated rings. The van der Waals surface area contributed by atoms with Gasteiger partial charge in [-0.15, -0.1) is 0 Å². The second kappa shape index (κ2) is 11.1. The Morgan fingerprint density at radius 1 is 0.388 bits per heavy atom. The Kier molecular flexibility index (Phi) is 3.43. The van der Waals surface area contributed by atoms with Gasteiger partial charge in [-0.1, -0.05) is 157 Å². The van der Waals surface area contributed by atoms with Crippen molar-refractivity contribution < 1.29 is 29.1 Å². The molecule has 0 saturated carbocycles. The molecule has 0 aliphatic rings. The molecule has 0 aliphatic carbocycles. The van der Waals surface area contributed by atoms with Crippen molar-refractivity contribution in [3.05, 3.63) is 182 Å². The SMILES string of the molecule is [2H]c1c([2H])c([2H])c(-c2ccc(-c3c4ccccc4c(-c4c([2H])c([2H])c([2H])c5oc6c7c([2H])c([2H])c(-c8c([2H])c([2H])c([2H])c([2H])c8[2H])c([2H])c7c([2H])c([2H])c6c45)c4ccccc34)cc2)c([2H])c1[2H]. The fourth-order valence-electron chi connectivity index (χ4n) is 6.66. The van der Waals surface area contributed by atoms with E-state index in [1.807, 2.05) is 36.4 Å². The third-order valence-electron chi connectivity index (χ3n) is 8.77. The lowest BCUT2D eigenvalue weighted by molar-refractivity contribution is 0.673. The summed E-state index contributed by atoms with van der Waals surface area (Å²) in [4.78, 5) is 0. The third kappa shape index (κ3) is 4.40. The van der Waals surface area contributed by atoms with Crippen molar-refractivity contribution in [1.82, 2.24) is 0 Å². The Balaban J connectivity index is 1.30. The van der Waals surface area contributed by atoms with Gasteiger partial charge >= 0.3 is 0 Å². The molecule has 0 N–H and O–H groups in total. The van der Waals surface area contributed by atoms with Crippen molar-refractivity contribution in [3.63, 3.8) is 0 Å². The van der Waals surface area contributed by atoms with E-state index < -0.39 is 108 Å². The molecule has 0 unspecified atom stereocenters. The highest BCUT2D eigenvalue weighted by atomic mass is 16.3. The normalized spacial score (nSPS) is 16.8. The van der Waals surface area contributed by atoms with Crippen molar-refractivity contribution in [2.24, 2.45) is 0 Å². The molecule has 9 aromatic carbocycles. The first-order valence-electron chi connectivity index (χ1n) is 24.4. The van der Waals surface area contributed by atoms with Gasteiger partial charge in [0.1, 0.15) is 11.2 Å². The van der Waals surface area contributed by atoms with Crippen molar-refractivity contribution in [3.8, 4) is 44.5 Å². The van der Waals surface area contributed by atoms with Gasteiger partial charge in [0.15, 0.2) is 0 Å². The van der Waals surface area contributed by atoms with Gasteiger partial charge in [-0.05, 0) is 95.6 Å². The number of rotatable bonds is 4. The maximum Gasteiger partial charge on any atom is 0.143 e. The first kappa shape index (κ1) is 15.2. The van der Waals surface area contributed by atoms with Crippen LogP contribution >= 0.6 is 0 Å². The van der Waals surface area contributed by atoms with Crippen molar-refractivity contribution in [2.45, 2.75) is 0 Å². The summed E-state index contributed by atoms with van der Waals surface area (Å²) in [5.41, 5.74) is 0.847. The Morgan fingerprint density at radius 2 is 0.959 bits per heavy atom. The lowest BCUT2D eigenvalue weighted by atomic mass is 9.84. The molecule has 1 heterocycles. The van der Waals surface area contributed by atoms with Gasteiger partial charge in [0.05, 0.1) is 24.7 Å². The predicted octanol–water partition coefficient (Wildman–Crippen LogP) is 13.7. The maximum absolute atomic E-state index is 9.53. The highest BCUT2D eigenvalue weighted by Gasteiger charge is 2.21. The van der Waals surface area contributed by atoms with Gasteiger partial charge in [-0.3, -0.25) is 0 Å². The Bertz CT molecular complexity index is 3780. The van der Waals surface area contributed by atoms with Crippen LogP contribution in [0.3, 0.4) is 0 Å². The first-order valence-corrected chi connectivity index (χ1v) is 15.4. The molecule has 0 atom stereocenters. The summed E-state index contributed by atoms with van der Waals surface area (Å²) in [6.45, 7) is 0. The molecule has 0 radical (unpaired) electrons. The zero-order valence-electron chi connectivity index (χ0n) is 43.3. The summed E-state index contributed by atoms with van der Waals surface area (Å²) in [5, 5.41) is 1.76. The highest BCUT2D eigenvalue weighted by molar-refractivity contribution is 6.27. The van der Waals surface area contributed by atoms with E-state index in [-0.39, 0.29) is 55.9 Å². The minimum Gasteiger partial charge on any atom is -0.455 e. The molecule has 228 valence electrons. The minimum atomic E-state index is -0.729. The molecule has 0 bridgehead atoms. The minimum absolute atomic E-state index is 0.0135. The van der Waals surface area contributed by atoms with Crippen LogP contribution < -0.4 is 0 Å². The molecule has 1 aromatic heterocycles. The van der Waals surface area contributed by atoms with E-state index >= 15 is 0 Å². The second-order valence-electron chi connectivity index (χ2n) is 11.4. The van der Waals surface area contributed by atoms with Gasteiger partial charge < -0.3 is 4.42 Å². The summed E-state index contributed by atoms with van der Waals surface area (Å²) < 4.78 is 164. The largest absolute Gasteiger partial charge is 0.455 e. The van der Waals surface area contributed by atoms with E-state index in [1.54, 1.807) is 36.4 Å². The molecule has 10 rings (SSSR count). The van der Waals surface area contributed by atoms with Gasteiger partial charge in [-0.25, -0.2) is 0 Å². The molecule has 0 aliphatic heterocycles. The number of fused-ring (bicyclic) bond motifs is 7. The standard InChI is InChI=1S/C48H30O/c1-3-12-31(13-4-1)33-22-24-34(25-23-33)45-38-16-7-9-18-40(38)46(41-19-10-8-17-39(41)45)42-20-11-21-44-47(42)43-29-27-36-30-35(32-14-5-2-6-15-32)26-28-37(36)48(43)49-44/h1-30H/i1D,2D,3D,4D,5D,6D,11D,12D,13D,14D,15D,20D,21D,26D,27D,28D,29D,30D. The van der Waals surface area contributed by atoms with Gasteiger partial charge in [0.25, 0.3) is 0 Å². The summed E-state index contributed by atoms with van der Waals surface area (Å²) in [5.74, 6) is 0. The van der Waals surface area contributed by atoms with E-state index in [9.17, 15) is 6.85 Å². The monoisotopic (exact) mass is 640 g/mol. The number of benzene rings is 9. The van der Waals surface area contributed by atoms with Crippen molar-refractivity contribution >= 4 is 54.3 Å². The molecular weight excluding hydrogens is 593 g/mol. The quantitative estimate of drug-likeness (QED) is 0.174. The summed E-state index contributed by atoms with van der Waals surface area (Å²) in [6.07, 6.45) is 0. The summed E-state index contributed by atoms with van der Waals surface area (Å²) in [6, 6.07) is 11.2. The maximum atomic E-state index is 9.53. The number of hydrogen-bond acceptors (Lipinski definition) is 1. The predicted molar refractivity (Wildman–Crippen MR) is 208 cm³/mol. The molecule has 10 aromatic rings. The molecule has 49 heavy (non-hydrogen) atoms. The molecule has 0 amide bonds. The van der Waals surface area contributed by atoms with Crippen LogP contribution in [0, 0.1) is 0 Å². The van der Waals surface area contributed by atoms with Gasteiger partial charge in [-0.2, -0.15) is 0 Å². The molecule has 0 spiro atoms. The van der Waals surface area contributed by atoms with E-state index in [0.717, 1.165) is 5.56 Å². The second-order valence-corrected chi connectivity index (χ2v) is 11.4. The van der Waals surface area contributed by atoms with E-state index in [1.165, 1.54) is 0 Å². The smallest absolute Gasteiger partial charge is 0.143 e. The Morgan fingerprint density at radius 3 is 1.61 bits per heavy atom. The lowest BCUT2D eigenvalue weighted by Crippen LogP contribution is -1.91. The van der Waals surface area contributed by atoms with Crippen LogP contribution in [0.4, 0.5) is 0 Å². The fraction of sp³-hybridized carbons (Fsp3) is 0. The molecule has 1 heteroatoms. The lowest BCUT2D eigenvalue weighted by Gasteiger charge is -2.18. The highest BCUT2D eigenvalue weighted by Crippen LogP contribution is 2.47. The van der Waals surface area contributed by atoms with Crippen LogP contribution in [0.5, 0.6) is 0 Å². The average molecular weight is 641 g/mol. The first-order chi connectivity index (χ1) is 31.8. The van der Waals surface area contributed by atoms with Crippen LogP contribution in [-0.4, -0.2) is 0 Å². The van der Waals surface area contributed by atoms with Crippen LogP contribution in [0.15, 0.2) is 186 Å². The van der Waals surface area contributed by atoms with E-state index in [4.69, 9.17) is 22.2 Å². The summed E-state index contributed by atoms with van der Waals surface area (Å²) >= 11 is 0. The summed E-state index contributed by atoms with van der Waals surface area (Å²) in [7, 11) is 0. The van der Waals surface area contributed by atoms with Crippen LogP contribution in [0.25, 0.3) is 98.8 Å². The molecule has 1 nitrogen and oxygen atoms in total. The Labute approximate surface area is 309 Å². The van der Waals surface area contributed by atoms with Gasteiger partial charge in [0.2, 0.25) is 0 Å². The number of furan rings is 1. The Hall–Kier alpha value is -6.44. The third-order valence-corrected chi connectivity index (χ3v) is 8.77.